The van der Waals surface area contributed by atoms with Gasteiger partial charge in [0.2, 0.25) is 0 Å². The molecule has 0 aliphatic carbocycles. The van der Waals surface area contributed by atoms with Crippen molar-refractivity contribution in [2.45, 2.75) is 4.21 Å². The first-order valence-corrected chi connectivity index (χ1v) is 10.7. The number of fused-ring (bicyclic) bond motifs is 1. The maximum Gasteiger partial charge on any atom is 0.271 e. The number of amides is 1. The molecule has 0 unspecified atom stereocenters. The molecule has 0 bridgehead atoms. The van der Waals surface area contributed by atoms with Gasteiger partial charge in [-0.3, -0.25) is 9.52 Å². The lowest BCUT2D eigenvalue weighted by molar-refractivity contribution is 0.102. The van der Waals surface area contributed by atoms with E-state index in [0.29, 0.717) is 41.7 Å². The Hall–Kier alpha value is -3.04. The summed E-state index contributed by atoms with van der Waals surface area (Å²) in [7, 11) is -3.62. The van der Waals surface area contributed by atoms with Gasteiger partial charge in [0.25, 0.3) is 15.9 Å². The maximum absolute atomic E-state index is 12.4. The Morgan fingerprint density at radius 1 is 0.929 bits per heavy atom. The number of hydrogen-bond donors (Lipinski definition) is 2. The molecule has 7 nitrogen and oxygen atoms in total. The number of benzene rings is 2. The summed E-state index contributed by atoms with van der Waals surface area (Å²) in [5.74, 6) is 0.915. The number of hydrogen-bond acceptors (Lipinski definition) is 6. The SMILES string of the molecule is O=C(Nc1ccc2c(c1)OCCO2)c1ccc(NS(=O)(=O)c2cccs2)cc1. The molecule has 144 valence electrons. The van der Waals surface area contributed by atoms with Crippen LogP contribution in [0, 0.1) is 0 Å². The second-order valence-electron chi connectivity index (χ2n) is 5.93. The predicted octanol–water partition coefficient (Wildman–Crippen LogP) is 3.57. The topological polar surface area (TPSA) is 93.7 Å². The number of carbonyl (C=O) groups is 1. The second-order valence-corrected chi connectivity index (χ2v) is 8.78. The van der Waals surface area contributed by atoms with Gasteiger partial charge in [0.05, 0.1) is 0 Å². The molecule has 1 aliphatic heterocycles. The molecule has 0 saturated carbocycles. The molecule has 0 fully saturated rings. The van der Waals surface area contributed by atoms with Crippen molar-refractivity contribution >= 4 is 38.6 Å². The lowest BCUT2D eigenvalue weighted by Gasteiger charge is -2.19. The Morgan fingerprint density at radius 3 is 2.36 bits per heavy atom. The molecule has 28 heavy (non-hydrogen) atoms. The second kappa shape index (κ2) is 7.53. The molecule has 0 saturated heterocycles. The summed E-state index contributed by atoms with van der Waals surface area (Å²) in [6.45, 7) is 0.967. The van der Waals surface area contributed by atoms with Gasteiger partial charge in [-0.2, -0.15) is 0 Å². The van der Waals surface area contributed by atoms with Crippen molar-refractivity contribution in [1.29, 1.82) is 0 Å². The van der Waals surface area contributed by atoms with Gasteiger partial charge in [-0.1, -0.05) is 6.07 Å². The van der Waals surface area contributed by atoms with Crippen LogP contribution in [-0.4, -0.2) is 27.5 Å². The Balaban J connectivity index is 1.44. The number of nitrogens with one attached hydrogen (secondary N) is 2. The van der Waals surface area contributed by atoms with Crippen molar-refractivity contribution < 1.29 is 22.7 Å². The smallest absolute Gasteiger partial charge is 0.271 e. The lowest BCUT2D eigenvalue weighted by atomic mass is 10.2. The van der Waals surface area contributed by atoms with E-state index in [9.17, 15) is 13.2 Å². The van der Waals surface area contributed by atoms with Crippen molar-refractivity contribution in [2.75, 3.05) is 23.3 Å². The molecule has 0 radical (unpaired) electrons. The van der Waals surface area contributed by atoms with Crippen molar-refractivity contribution in [1.82, 2.24) is 0 Å². The zero-order valence-electron chi connectivity index (χ0n) is 14.5. The highest BCUT2D eigenvalue weighted by molar-refractivity contribution is 7.94. The Kier molecular flexibility index (Phi) is 4.93. The van der Waals surface area contributed by atoms with Crippen LogP contribution >= 0.6 is 11.3 Å². The lowest BCUT2D eigenvalue weighted by Crippen LogP contribution is -2.16. The van der Waals surface area contributed by atoms with Crippen LogP contribution in [-0.2, 0) is 10.0 Å². The van der Waals surface area contributed by atoms with E-state index < -0.39 is 10.0 Å². The highest BCUT2D eigenvalue weighted by Gasteiger charge is 2.16. The molecule has 0 spiro atoms. The number of anilines is 2. The molecule has 1 amide bonds. The van der Waals surface area contributed by atoms with E-state index >= 15 is 0 Å². The fourth-order valence-electron chi connectivity index (χ4n) is 2.64. The zero-order valence-corrected chi connectivity index (χ0v) is 16.2. The van der Waals surface area contributed by atoms with Crippen LogP contribution in [0.1, 0.15) is 10.4 Å². The van der Waals surface area contributed by atoms with Gasteiger partial charge in [0.15, 0.2) is 11.5 Å². The van der Waals surface area contributed by atoms with Crippen LogP contribution in [0.4, 0.5) is 11.4 Å². The number of sulfonamides is 1. The van der Waals surface area contributed by atoms with Gasteiger partial charge < -0.3 is 14.8 Å². The van der Waals surface area contributed by atoms with Crippen LogP contribution in [0.25, 0.3) is 0 Å². The van der Waals surface area contributed by atoms with Gasteiger partial charge in [0, 0.05) is 23.0 Å². The van der Waals surface area contributed by atoms with Crippen molar-refractivity contribution in [3.05, 3.63) is 65.5 Å². The first-order chi connectivity index (χ1) is 13.5. The molecule has 2 heterocycles. The average Bonchev–Trinajstić information content (AvgIpc) is 3.24. The van der Waals surface area contributed by atoms with Crippen LogP contribution in [0.2, 0.25) is 0 Å². The molecule has 2 N–H and O–H groups in total. The monoisotopic (exact) mass is 416 g/mol. The summed E-state index contributed by atoms with van der Waals surface area (Å²) in [6.07, 6.45) is 0. The molecular formula is C19H16N2O5S2. The molecule has 4 rings (SSSR count). The van der Waals surface area contributed by atoms with Crippen LogP contribution in [0.15, 0.2) is 64.2 Å². The third-order valence-electron chi connectivity index (χ3n) is 3.96. The minimum Gasteiger partial charge on any atom is -0.486 e. The van der Waals surface area contributed by atoms with E-state index in [1.54, 1.807) is 53.9 Å². The molecule has 1 aromatic heterocycles. The zero-order chi connectivity index (χ0) is 19.6. The Bertz CT molecular complexity index is 1090. The number of rotatable bonds is 5. The highest BCUT2D eigenvalue weighted by Crippen LogP contribution is 2.32. The minimum absolute atomic E-state index is 0.230. The summed E-state index contributed by atoms with van der Waals surface area (Å²) in [5, 5.41) is 4.48. The van der Waals surface area contributed by atoms with E-state index in [1.165, 1.54) is 6.07 Å². The molecule has 2 aromatic carbocycles. The van der Waals surface area contributed by atoms with Crippen LogP contribution in [0.5, 0.6) is 11.5 Å². The summed E-state index contributed by atoms with van der Waals surface area (Å²) >= 11 is 1.13. The maximum atomic E-state index is 12.4. The van der Waals surface area contributed by atoms with Crippen molar-refractivity contribution in [3.63, 3.8) is 0 Å². The molecule has 9 heteroatoms. The first kappa shape index (κ1) is 18.3. The van der Waals surface area contributed by atoms with Crippen molar-refractivity contribution in [2.24, 2.45) is 0 Å². The third-order valence-corrected chi connectivity index (χ3v) is 6.74. The van der Waals surface area contributed by atoms with E-state index in [-0.39, 0.29) is 10.1 Å². The molecule has 3 aromatic rings. The molecule has 0 atom stereocenters. The predicted molar refractivity (Wildman–Crippen MR) is 107 cm³/mol. The Morgan fingerprint density at radius 2 is 1.64 bits per heavy atom. The van der Waals surface area contributed by atoms with Gasteiger partial charge in [-0.05, 0) is 47.8 Å². The van der Waals surface area contributed by atoms with E-state index in [2.05, 4.69) is 10.0 Å². The molecular weight excluding hydrogens is 400 g/mol. The van der Waals surface area contributed by atoms with Gasteiger partial charge >= 0.3 is 0 Å². The average molecular weight is 416 g/mol. The number of carbonyl (C=O) groups excluding carboxylic acids is 1. The first-order valence-electron chi connectivity index (χ1n) is 8.39. The minimum atomic E-state index is -3.62. The summed E-state index contributed by atoms with van der Waals surface area (Å²) < 4.78 is 38.2. The number of thiophene rings is 1. The number of ether oxygens (including phenoxy) is 2. The molecule has 1 aliphatic rings. The Labute approximate surface area is 166 Å². The van der Waals surface area contributed by atoms with Gasteiger partial charge in [-0.25, -0.2) is 8.42 Å². The fraction of sp³-hybridized carbons (Fsp3) is 0.105. The summed E-state index contributed by atoms with van der Waals surface area (Å²) in [5.41, 5.74) is 1.36. The van der Waals surface area contributed by atoms with E-state index in [0.717, 1.165) is 11.3 Å². The normalized spacial score (nSPS) is 13.0. The fourth-order valence-corrected chi connectivity index (χ4v) is 4.69. The van der Waals surface area contributed by atoms with E-state index in [1.807, 2.05) is 0 Å². The van der Waals surface area contributed by atoms with Crippen LogP contribution < -0.4 is 19.5 Å². The van der Waals surface area contributed by atoms with E-state index in [4.69, 9.17) is 9.47 Å². The third kappa shape index (κ3) is 3.95. The van der Waals surface area contributed by atoms with Crippen molar-refractivity contribution in [3.8, 4) is 11.5 Å². The standard InChI is InChI=1S/C19H16N2O5S2/c22-19(20-15-7-8-16-17(12-15)26-10-9-25-16)13-3-5-14(6-4-13)21-28(23,24)18-2-1-11-27-18/h1-8,11-12,21H,9-10H2,(H,20,22). The van der Waals surface area contributed by atoms with Gasteiger partial charge in [0.1, 0.15) is 17.4 Å². The summed E-state index contributed by atoms with van der Waals surface area (Å²) in [4.78, 5) is 12.4. The largest absolute Gasteiger partial charge is 0.486 e. The highest BCUT2D eigenvalue weighted by atomic mass is 32.2. The summed E-state index contributed by atoms with van der Waals surface area (Å²) in [6, 6.07) is 14.6. The van der Waals surface area contributed by atoms with Gasteiger partial charge in [-0.15, -0.1) is 11.3 Å². The quantitative estimate of drug-likeness (QED) is 0.663. The van der Waals surface area contributed by atoms with Crippen LogP contribution in [0.3, 0.4) is 0 Å².